The number of piperidine rings is 2. The second-order valence-corrected chi connectivity index (χ2v) is 20.3. The molecule has 10 rings (SSSR count). The number of benzene rings is 2. The lowest BCUT2D eigenvalue weighted by molar-refractivity contribution is -0.132. The summed E-state index contributed by atoms with van der Waals surface area (Å²) in [5, 5.41) is 19.4. The molecule has 74 heavy (non-hydrogen) atoms. The number of fused-ring (bicyclic) bond motifs is 2. The third kappa shape index (κ3) is 14.6. The van der Waals surface area contributed by atoms with Crippen LogP contribution in [-0.4, -0.2) is 108 Å². The van der Waals surface area contributed by atoms with Crippen LogP contribution in [0.4, 0.5) is 11.9 Å². The number of rotatable bonds is 12. The Bertz CT molecular complexity index is 2910. The highest BCUT2D eigenvalue weighted by atomic mass is 35.5. The van der Waals surface area contributed by atoms with E-state index in [1.807, 2.05) is 54.9 Å². The van der Waals surface area contributed by atoms with Crippen LogP contribution in [0.5, 0.6) is 0 Å². The smallest absolute Gasteiger partial charge is 0.245 e. The molecule has 20 heteroatoms. The van der Waals surface area contributed by atoms with Crippen molar-refractivity contribution < 1.29 is 19.2 Å². The van der Waals surface area contributed by atoms with Gasteiger partial charge in [0, 0.05) is 89.1 Å². The molecule has 392 valence electrons. The predicted molar refractivity (Wildman–Crippen MR) is 298 cm³/mol. The minimum Gasteiger partial charge on any atom is -0.360 e. The number of anilines is 2. The zero-order valence-corrected chi connectivity index (χ0v) is 44.3. The van der Waals surface area contributed by atoms with Gasteiger partial charge < -0.3 is 41.5 Å². The van der Waals surface area contributed by atoms with Crippen molar-refractivity contribution in [2.24, 2.45) is 11.8 Å². The molecule has 4 aliphatic rings. The molecule has 6 heterocycles. The number of aromatic nitrogens is 6. The number of aromatic amines is 2. The van der Waals surface area contributed by atoms with Gasteiger partial charge in [0.15, 0.2) is 0 Å². The first-order chi connectivity index (χ1) is 35.5. The topological polar surface area (TPSA) is 215 Å². The summed E-state index contributed by atoms with van der Waals surface area (Å²) in [5.41, 5.74) is 5.37. The maximum atomic E-state index is 13.0. The van der Waals surface area contributed by atoms with Crippen molar-refractivity contribution in [1.82, 2.24) is 50.8 Å². The van der Waals surface area contributed by atoms with Crippen LogP contribution in [0.1, 0.15) is 77.0 Å². The molecular formula is C54H64Cl4N12O4. The second-order valence-electron chi connectivity index (χ2n) is 19.1. The van der Waals surface area contributed by atoms with Crippen LogP contribution < -0.4 is 26.6 Å². The van der Waals surface area contributed by atoms with Gasteiger partial charge in [-0.1, -0.05) is 72.8 Å². The van der Waals surface area contributed by atoms with Gasteiger partial charge in [0.1, 0.15) is 0 Å². The highest BCUT2D eigenvalue weighted by Gasteiger charge is 2.32. The van der Waals surface area contributed by atoms with Crippen LogP contribution in [0.2, 0.25) is 10.0 Å². The molecule has 4 fully saturated rings. The molecule has 2 aliphatic carbocycles. The predicted octanol–water partition coefficient (Wildman–Crippen LogP) is 10.0. The number of hydrogen-bond acceptors (Lipinski definition) is 11. The number of nitrogens with zero attached hydrogens (tertiary/aromatic N) is 5. The number of carbonyl (C=O) groups is 4. The molecule has 2 saturated heterocycles. The Morgan fingerprint density at radius 2 is 1.14 bits per heavy atom. The van der Waals surface area contributed by atoms with Gasteiger partial charge in [-0.25, -0.2) is 19.9 Å². The molecule has 2 unspecified atom stereocenters. The SMILES string of the molecule is C=CC(=O)Cl.C=CC(=O)N1CCCC(C(=O)N[C@H]2CCC[C@@H](Nc3ncc(Cl)c(-c4c[nH]c5ccccc45)n3)C2)C1.Cl.O=C(N[C@H]1CCC[C@@H](Nc2ncc(Cl)c(-c3c[nH]c4ccccc34)n2)C1)C1CCCNC1. The van der Waals surface area contributed by atoms with Crippen LogP contribution in [-0.2, 0) is 19.2 Å². The first kappa shape index (κ1) is 55.7. The molecule has 3 amide bonds. The molecule has 0 radical (unpaired) electrons. The fraction of sp³-hybridized carbons (Fsp3) is 0.407. The Labute approximate surface area is 452 Å². The van der Waals surface area contributed by atoms with Crippen molar-refractivity contribution in [3.8, 4) is 22.5 Å². The van der Waals surface area contributed by atoms with Gasteiger partial charge in [-0.3, -0.25) is 19.2 Å². The number of H-pyrrole nitrogens is 2. The lowest BCUT2D eigenvalue weighted by Gasteiger charge is -2.34. The highest BCUT2D eigenvalue weighted by molar-refractivity contribution is 6.66. The number of allylic oxidation sites excluding steroid dienone is 1. The van der Waals surface area contributed by atoms with Crippen LogP contribution in [0.25, 0.3) is 44.3 Å². The Balaban J connectivity index is 0.000000197. The van der Waals surface area contributed by atoms with E-state index in [9.17, 15) is 19.2 Å². The monoisotopic (exact) mass is 1080 g/mol. The molecule has 2 aromatic carbocycles. The molecule has 6 aromatic rings. The van der Waals surface area contributed by atoms with Crippen molar-refractivity contribution in [3.63, 3.8) is 0 Å². The quantitative estimate of drug-likeness (QED) is 0.0452. The number of para-hydroxylation sites is 2. The Morgan fingerprint density at radius 3 is 1.62 bits per heavy atom. The van der Waals surface area contributed by atoms with E-state index in [2.05, 4.69) is 65.7 Å². The van der Waals surface area contributed by atoms with E-state index in [1.165, 1.54) is 6.08 Å². The Hall–Kier alpha value is -6.04. The van der Waals surface area contributed by atoms with Gasteiger partial charge in [-0.05, 0) is 119 Å². The van der Waals surface area contributed by atoms with Crippen LogP contribution in [0, 0.1) is 11.8 Å². The van der Waals surface area contributed by atoms with E-state index in [1.54, 1.807) is 17.3 Å². The second kappa shape index (κ2) is 27.0. The van der Waals surface area contributed by atoms with Crippen molar-refractivity contribution in [3.05, 3.63) is 109 Å². The van der Waals surface area contributed by atoms with Crippen molar-refractivity contribution in [1.29, 1.82) is 0 Å². The number of nitrogens with one attached hydrogen (secondary N) is 7. The maximum absolute atomic E-state index is 13.0. The van der Waals surface area contributed by atoms with Gasteiger partial charge in [0.2, 0.25) is 34.9 Å². The van der Waals surface area contributed by atoms with E-state index >= 15 is 0 Å². The highest BCUT2D eigenvalue weighted by Crippen LogP contribution is 2.35. The Kier molecular flexibility index (Phi) is 20.3. The molecular weight excluding hydrogens is 1020 g/mol. The summed E-state index contributed by atoms with van der Waals surface area (Å²) in [7, 11) is 0. The number of amides is 3. The number of likely N-dealkylation sites (tertiary alicyclic amines) is 1. The van der Waals surface area contributed by atoms with E-state index in [-0.39, 0.29) is 66.1 Å². The molecule has 0 bridgehead atoms. The summed E-state index contributed by atoms with van der Waals surface area (Å²) in [4.78, 5) is 73.6. The lowest BCUT2D eigenvalue weighted by atomic mass is 9.90. The molecule has 4 aromatic heterocycles. The maximum Gasteiger partial charge on any atom is 0.245 e. The van der Waals surface area contributed by atoms with Gasteiger partial charge in [-0.2, -0.15) is 0 Å². The minimum absolute atomic E-state index is 0. The average Bonchev–Trinajstić information content (AvgIpc) is 4.05. The fourth-order valence-corrected chi connectivity index (χ4v) is 10.7. The van der Waals surface area contributed by atoms with Gasteiger partial charge in [-0.15, -0.1) is 12.4 Å². The zero-order chi connectivity index (χ0) is 51.3. The van der Waals surface area contributed by atoms with Crippen molar-refractivity contribution in [2.75, 3.05) is 36.8 Å². The number of carbonyl (C=O) groups excluding carboxylic acids is 4. The molecule has 7 N–H and O–H groups in total. The van der Waals surface area contributed by atoms with Crippen LogP contribution in [0.3, 0.4) is 0 Å². The summed E-state index contributed by atoms with van der Waals surface area (Å²) in [5.74, 6) is 1.14. The van der Waals surface area contributed by atoms with Crippen LogP contribution >= 0.6 is 47.2 Å². The third-order valence-corrected chi connectivity index (χ3v) is 14.7. The summed E-state index contributed by atoms with van der Waals surface area (Å²) in [6.45, 7) is 9.59. The first-order valence-corrected chi connectivity index (χ1v) is 26.4. The number of hydrogen-bond donors (Lipinski definition) is 7. The third-order valence-electron chi connectivity index (χ3n) is 14.0. The summed E-state index contributed by atoms with van der Waals surface area (Å²) in [6.07, 6.45) is 20.9. The largest absolute Gasteiger partial charge is 0.360 e. The fourth-order valence-electron chi connectivity index (χ4n) is 10.3. The lowest BCUT2D eigenvalue weighted by Crippen LogP contribution is -2.49. The summed E-state index contributed by atoms with van der Waals surface area (Å²) < 4.78 is 0. The zero-order valence-electron chi connectivity index (χ0n) is 41.2. The van der Waals surface area contributed by atoms with Crippen molar-refractivity contribution >= 4 is 104 Å². The molecule has 16 nitrogen and oxygen atoms in total. The van der Waals surface area contributed by atoms with E-state index < -0.39 is 5.24 Å². The van der Waals surface area contributed by atoms with Gasteiger partial charge in [0.05, 0.1) is 45.7 Å². The number of halogens is 4. The van der Waals surface area contributed by atoms with Gasteiger partial charge >= 0.3 is 0 Å². The molecule has 2 aliphatic heterocycles. The molecule has 0 spiro atoms. The summed E-state index contributed by atoms with van der Waals surface area (Å²) in [6, 6.07) is 16.8. The standard InChI is InChI=1S/C27H31ClN6O2.C24H29ClN6O.C3H3ClO.ClH/c1-2-24(35)34-12-6-7-17(16-34)26(36)31-18-8-5-9-19(13-18)32-27-30-15-22(28)25(33-27)21-14-29-23-11-4-3-10-20(21)23;25-20-14-28-24(31-22(20)19-13-27-21-9-2-1-8-18(19)21)30-17-7-3-6-16(11-17)29-23(32)15-5-4-10-26-12-15;1-2-3(4)5;/h2-4,10-11,14-15,17-19,29H,1,5-9,12-13,16H2,(H,31,36)(H,30,32,33);1-2,8-9,13-17,26-27H,3-7,10-12H2,(H,29,32)(H,28,30,31);2H,1H2;1H/t17?,18-,19+;15?,16-,17+;;/m00../s1. The molecule has 2 saturated carbocycles. The van der Waals surface area contributed by atoms with Crippen molar-refractivity contribution in [2.45, 2.75) is 101 Å². The summed E-state index contributed by atoms with van der Waals surface area (Å²) >= 11 is 17.7. The van der Waals surface area contributed by atoms with Gasteiger partial charge in [0.25, 0.3) is 0 Å². The van der Waals surface area contributed by atoms with E-state index in [0.29, 0.717) is 46.4 Å². The van der Waals surface area contributed by atoms with Crippen LogP contribution in [0.15, 0.2) is 98.6 Å². The molecule has 6 atom stereocenters. The van der Waals surface area contributed by atoms with E-state index in [4.69, 9.17) is 44.8 Å². The normalized spacial score (nSPS) is 21.5. The average molecular weight is 1090 g/mol. The Morgan fingerprint density at radius 1 is 0.649 bits per heavy atom. The van der Waals surface area contributed by atoms with E-state index in [0.717, 1.165) is 129 Å². The minimum atomic E-state index is -0.509. The first-order valence-electron chi connectivity index (χ1n) is 25.2.